The Morgan fingerprint density at radius 2 is 0.807 bits per heavy atom. The van der Waals surface area contributed by atoms with Gasteiger partial charge in [-0.3, -0.25) is 0 Å². The van der Waals surface area contributed by atoms with Gasteiger partial charge in [0.05, 0.1) is 0 Å². The zero-order valence-electron chi connectivity index (χ0n) is 34.6. The van der Waals surface area contributed by atoms with Crippen LogP contribution in [0.15, 0.2) is 157 Å². The highest BCUT2D eigenvalue weighted by Crippen LogP contribution is 2.52. The fraction of sp³-hybridized carbons (Fsp3) is 0.265. The van der Waals surface area contributed by atoms with Crippen LogP contribution in [0.2, 0.25) is 0 Å². The van der Waals surface area contributed by atoms with E-state index >= 15 is 0 Å². The van der Waals surface area contributed by atoms with Gasteiger partial charge in [-0.2, -0.15) is 0 Å². The molecule has 5 aromatic carbocycles. The van der Waals surface area contributed by atoms with Crippen molar-refractivity contribution in [1.82, 2.24) is 0 Å². The van der Waals surface area contributed by atoms with Gasteiger partial charge in [-0.05, 0) is 89.3 Å². The zero-order valence-corrected chi connectivity index (χ0v) is 36.4. The van der Waals surface area contributed by atoms with Crippen molar-refractivity contribution in [3.8, 4) is 39.9 Å². The van der Waals surface area contributed by atoms with Gasteiger partial charge in [0.15, 0.2) is 0 Å². The average Bonchev–Trinajstić information content (AvgIpc) is 3.20. The first kappa shape index (κ1) is 43.1. The third kappa shape index (κ3) is 11.8. The van der Waals surface area contributed by atoms with E-state index < -0.39 is 17.2 Å². The predicted octanol–water partition coefficient (Wildman–Crippen LogP) is 15.9. The first-order valence-corrected chi connectivity index (χ1v) is 21.8. The molecule has 0 heterocycles. The van der Waals surface area contributed by atoms with Crippen LogP contribution in [-0.2, 0) is 4.52 Å². The van der Waals surface area contributed by atoms with Gasteiger partial charge < -0.3 is 27.1 Å². The van der Waals surface area contributed by atoms with Gasteiger partial charge in [0, 0.05) is 11.1 Å². The summed E-state index contributed by atoms with van der Waals surface area (Å²) >= 11 is 0. The Labute approximate surface area is 343 Å². The highest BCUT2D eigenvalue weighted by Gasteiger charge is 2.28. The topological polar surface area (TPSA) is 55.4 Å². The molecule has 0 radical (unpaired) electrons. The lowest BCUT2D eigenvalue weighted by Gasteiger charge is -2.24. The van der Waals surface area contributed by atoms with Gasteiger partial charge in [-0.25, -0.2) is 0 Å². The highest BCUT2D eigenvalue weighted by atomic mass is 31.2. The molecule has 6 nitrogen and oxygen atoms in total. The van der Waals surface area contributed by atoms with Crippen LogP contribution in [0.1, 0.15) is 96.8 Å². The second-order valence-corrected chi connectivity index (χ2v) is 16.9. The van der Waals surface area contributed by atoms with E-state index in [1.54, 1.807) is 6.08 Å². The number of benzene rings is 5. The second kappa shape index (κ2) is 20.9. The largest absolute Gasteiger partial charge is 0.530 e. The van der Waals surface area contributed by atoms with E-state index in [1.807, 2.05) is 115 Å². The van der Waals surface area contributed by atoms with Crippen molar-refractivity contribution in [1.29, 1.82) is 0 Å². The van der Waals surface area contributed by atoms with Gasteiger partial charge in [0.1, 0.15) is 34.5 Å². The van der Waals surface area contributed by atoms with Crippen molar-refractivity contribution >= 4 is 17.2 Å². The summed E-state index contributed by atoms with van der Waals surface area (Å²) in [5, 5.41) is 0. The lowest BCUT2D eigenvalue weighted by molar-refractivity contribution is 0.333. The summed E-state index contributed by atoms with van der Waals surface area (Å²) in [7, 11) is -4.00. The molecule has 5 aromatic rings. The van der Waals surface area contributed by atoms with Crippen LogP contribution in [0, 0.1) is 5.92 Å². The number of rotatable bonds is 19. The van der Waals surface area contributed by atoms with E-state index in [0.717, 1.165) is 44.9 Å². The smallest absolute Gasteiger partial charge is 0.409 e. The Morgan fingerprint density at radius 3 is 1.19 bits per heavy atom. The Bertz CT molecular complexity index is 2080. The summed E-state index contributed by atoms with van der Waals surface area (Å²) in [4.78, 5) is 0. The van der Waals surface area contributed by atoms with Gasteiger partial charge in [0.2, 0.25) is 0 Å². The summed E-state index contributed by atoms with van der Waals surface area (Å²) in [5.74, 6) is 4.87. The van der Waals surface area contributed by atoms with Crippen molar-refractivity contribution in [3.05, 3.63) is 174 Å². The minimum Gasteiger partial charge on any atom is -0.409 e. The van der Waals surface area contributed by atoms with E-state index in [0.29, 0.717) is 23.0 Å². The Balaban J connectivity index is 1.57. The molecule has 0 aromatic heterocycles. The van der Waals surface area contributed by atoms with Crippen molar-refractivity contribution in [3.63, 3.8) is 0 Å². The van der Waals surface area contributed by atoms with E-state index in [9.17, 15) is 0 Å². The molecule has 0 spiro atoms. The molecule has 0 aliphatic carbocycles. The van der Waals surface area contributed by atoms with Gasteiger partial charge in [-0.1, -0.05) is 165 Å². The molecule has 0 N–H and O–H groups in total. The first-order chi connectivity index (χ1) is 27.5. The number of para-hydroxylation sites is 5. The molecule has 0 aliphatic rings. The summed E-state index contributed by atoms with van der Waals surface area (Å²) in [5.41, 5.74) is 5.83. The normalized spacial score (nSPS) is 12.6. The number of allylic oxidation sites excluding steroid dienone is 4. The van der Waals surface area contributed by atoms with Crippen LogP contribution >= 0.6 is 17.2 Å². The van der Waals surface area contributed by atoms with Crippen LogP contribution in [0.25, 0.3) is 11.1 Å². The molecular weight excluding hydrogens is 746 g/mol. The molecule has 0 bridgehead atoms. The summed E-state index contributed by atoms with van der Waals surface area (Å²) in [6.45, 7) is 23.1. The summed E-state index contributed by atoms with van der Waals surface area (Å²) in [6.07, 6.45) is 5.50. The van der Waals surface area contributed by atoms with E-state index in [4.69, 9.17) is 27.1 Å². The molecule has 298 valence electrons. The molecule has 0 amide bonds. The van der Waals surface area contributed by atoms with Crippen molar-refractivity contribution in [2.24, 2.45) is 5.92 Å². The zero-order chi connectivity index (χ0) is 40.9. The van der Waals surface area contributed by atoms with Crippen LogP contribution in [-0.4, -0.2) is 0 Å². The molecule has 1 unspecified atom stereocenters. The molecule has 0 fully saturated rings. The van der Waals surface area contributed by atoms with Gasteiger partial charge in [0.25, 0.3) is 0 Å². The molecule has 1 atom stereocenters. The molecule has 0 saturated heterocycles. The van der Waals surface area contributed by atoms with E-state index in [-0.39, 0.29) is 23.7 Å². The first-order valence-electron chi connectivity index (χ1n) is 19.6. The van der Waals surface area contributed by atoms with E-state index in [2.05, 4.69) is 87.1 Å². The molecular formula is C49H56O6P2. The fourth-order valence-electron chi connectivity index (χ4n) is 5.93. The SMILES string of the molecule is C=C/C=C\C(OP(Oc1ccccc1-c1ccccc1OP(Oc1ccccc1C(C)C)Oc1ccccc1C(C)C)Oc1ccccc1C(C)C)=C(/C)C(C)C. The van der Waals surface area contributed by atoms with Gasteiger partial charge >= 0.3 is 17.2 Å². The summed E-state index contributed by atoms with van der Waals surface area (Å²) in [6, 6.07) is 39.8. The monoisotopic (exact) mass is 802 g/mol. The van der Waals surface area contributed by atoms with Crippen molar-refractivity contribution in [2.45, 2.75) is 80.1 Å². The predicted molar refractivity (Wildman–Crippen MR) is 238 cm³/mol. The quantitative estimate of drug-likeness (QED) is 0.0471. The lowest BCUT2D eigenvalue weighted by atomic mass is 10.0. The standard InChI is InChI=1S/C49H56O6P2/c1-11-12-28-44(38(10)34(2)3)50-56(51-45-29-18-13-23-39(45)35(4)5)54-48-32-21-16-26-42(48)43-27-17-22-33-49(43)55-57(52-46-30-19-14-24-40(46)36(6)7)53-47-31-20-15-25-41(47)37(8)9/h11-37H,1H2,2-10H3/b28-12-,44-38-. The maximum absolute atomic E-state index is 6.83. The average molecular weight is 803 g/mol. The molecule has 8 heteroatoms. The van der Waals surface area contributed by atoms with Crippen molar-refractivity contribution < 1.29 is 27.1 Å². The third-order valence-corrected chi connectivity index (χ3v) is 11.4. The maximum Gasteiger partial charge on any atom is 0.530 e. The fourth-order valence-corrected chi connectivity index (χ4v) is 8.14. The van der Waals surface area contributed by atoms with Gasteiger partial charge in [-0.15, -0.1) is 0 Å². The van der Waals surface area contributed by atoms with Crippen LogP contribution in [0.3, 0.4) is 0 Å². The number of hydrogen-bond acceptors (Lipinski definition) is 6. The van der Waals surface area contributed by atoms with Crippen LogP contribution in [0.5, 0.6) is 28.7 Å². The summed E-state index contributed by atoms with van der Waals surface area (Å²) < 4.78 is 40.4. The van der Waals surface area contributed by atoms with Crippen LogP contribution < -0.4 is 22.6 Å². The highest BCUT2D eigenvalue weighted by molar-refractivity contribution is 7.43. The Hall–Kier alpha value is -5.02. The van der Waals surface area contributed by atoms with Crippen LogP contribution in [0.4, 0.5) is 0 Å². The minimum atomic E-state index is -2.02. The Morgan fingerprint density at radius 1 is 0.474 bits per heavy atom. The third-order valence-electron chi connectivity index (χ3n) is 9.36. The van der Waals surface area contributed by atoms with E-state index in [1.165, 1.54) is 0 Å². The second-order valence-electron chi connectivity index (χ2n) is 14.9. The molecule has 0 aliphatic heterocycles. The molecule has 57 heavy (non-hydrogen) atoms. The number of hydrogen-bond donors (Lipinski definition) is 0. The molecule has 5 rings (SSSR count). The lowest BCUT2D eigenvalue weighted by Crippen LogP contribution is -2.07. The molecule has 0 saturated carbocycles. The maximum atomic E-state index is 6.83. The Kier molecular flexibility index (Phi) is 15.8. The minimum absolute atomic E-state index is 0.224. The van der Waals surface area contributed by atoms with Crippen molar-refractivity contribution in [2.75, 3.05) is 0 Å².